The second kappa shape index (κ2) is 3.58. The molecule has 2 heteroatoms. The molecule has 0 N–H and O–H groups in total. The number of rotatable bonds is 2. The van der Waals surface area contributed by atoms with Crippen LogP contribution in [0.25, 0.3) is 0 Å². The topological polar surface area (TPSA) is 12.4 Å². The molecule has 2 rings (SSSR count). The van der Waals surface area contributed by atoms with E-state index in [1.54, 1.807) is 4.17 Å². The minimum absolute atomic E-state index is 0.111. The monoisotopic (exact) mass is 275 g/mol. The number of nitrogens with zero attached hydrogens (tertiary/aromatic N) is 1. The van der Waals surface area contributed by atoms with Crippen LogP contribution in [0.2, 0.25) is 0 Å². The van der Waals surface area contributed by atoms with Crippen molar-refractivity contribution >= 4 is 5.71 Å². The fourth-order valence-corrected chi connectivity index (χ4v) is 4.27. The molecule has 0 saturated carbocycles. The summed E-state index contributed by atoms with van der Waals surface area (Å²) in [5, 5.41) is 0. The fourth-order valence-electron chi connectivity index (χ4n) is 1.64. The van der Waals surface area contributed by atoms with E-state index in [1.165, 1.54) is 11.3 Å². The van der Waals surface area contributed by atoms with E-state index in [-0.39, 0.29) is 21.3 Å². The second-order valence-corrected chi connectivity index (χ2v) is 7.10. The van der Waals surface area contributed by atoms with E-state index in [0.29, 0.717) is 0 Å². The molecule has 0 spiro atoms. The van der Waals surface area contributed by atoms with Crippen molar-refractivity contribution < 1.29 is 17.1 Å². The molecule has 0 saturated heterocycles. The quantitative estimate of drug-likeness (QED) is 0.686. The van der Waals surface area contributed by atoms with E-state index in [1.807, 2.05) is 0 Å². The first-order valence-corrected chi connectivity index (χ1v) is 6.58. The van der Waals surface area contributed by atoms with Crippen LogP contribution in [0.15, 0.2) is 39.0 Å². The third kappa shape index (κ3) is 1.96. The summed E-state index contributed by atoms with van der Waals surface area (Å²) in [6, 6.07) is 0. The van der Waals surface area contributed by atoms with Gasteiger partial charge in [-0.3, -0.25) is 0 Å². The second-order valence-electron chi connectivity index (χ2n) is 3.85. The maximum atomic E-state index is 4.70. The van der Waals surface area contributed by atoms with Crippen LogP contribution < -0.4 is 0 Å². The first-order chi connectivity index (χ1) is 6.59. The van der Waals surface area contributed by atoms with Crippen molar-refractivity contribution in [3.05, 3.63) is 34.0 Å². The Morgan fingerprint density at radius 2 is 2.14 bits per heavy atom. The normalized spacial score (nSPS) is 30.6. The van der Waals surface area contributed by atoms with Gasteiger partial charge in [0, 0.05) is 0 Å². The first-order valence-electron chi connectivity index (χ1n) is 4.85. The Balaban J connectivity index is 2.13. The van der Waals surface area contributed by atoms with E-state index in [0.717, 1.165) is 6.42 Å². The molecule has 0 radical (unpaired) electrons. The Bertz CT molecular complexity index is 374. The summed E-state index contributed by atoms with van der Waals surface area (Å²) in [6.07, 6.45) is 10.1. The average Bonchev–Trinajstić information content (AvgIpc) is 2.62. The van der Waals surface area contributed by atoms with Gasteiger partial charge in [-0.15, -0.1) is 0 Å². The van der Waals surface area contributed by atoms with E-state index in [9.17, 15) is 0 Å². The summed E-state index contributed by atoms with van der Waals surface area (Å²) in [4.78, 5) is 4.70. The summed E-state index contributed by atoms with van der Waals surface area (Å²) >= 11 is 0.202. The molecule has 1 aliphatic heterocycles. The predicted octanol–water partition coefficient (Wildman–Crippen LogP) is 3.05. The SMILES string of the molecule is CC1=N[C](C)([Ru][C]2=C(C)C=CC2)C=C1. The number of aliphatic imine (C=N–C) groups is 1. The number of hydrogen-bond donors (Lipinski definition) is 0. The molecule has 14 heavy (non-hydrogen) atoms. The molecule has 0 bridgehead atoms. The minimum atomic E-state index is 0.111. The van der Waals surface area contributed by atoms with Crippen molar-refractivity contribution in [2.24, 2.45) is 4.99 Å². The van der Waals surface area contributed by atoms with Crippen molar-refractivity contribution in [2.45, 2.75) is 31.3 Å². The van der Waals surface area contributed by atoms with E-state index < -0.39 is 0 Å². The molecular formula is C12H15NRu. The molecule has 0 aromatic heterocycles. The van der Waals surface area contributed by atoms with Gasteiger partial charge in [0.05, 0.1) is 0 Å². The van der Waals surface area contributed by atoms with Crippen molar-refractivity contribution in [3.8, 4) is 0 Å². The van der Waals surface area contributed by atoms with Gasteiger partial charge >= 0.3 is 93.2 Å². The molecule has 0 aromatic carbocycles. The Hall–Kier alpha value is -0.487. The molecule has 0 fully saturated rings. The zero-order valence-corrected chi connectivity index (χ0v) is 10.6. The van der Waals surface area contributed by atoms with Gasteiger partial charge < -0.3 is 0 Å². The summed E-state index contributed by atoms with van der Waals surface area (Å²) in [5.41, 5.74) is 2.64. The Morgan fingerprint density at radius 3 is 2.64 bits per heavy atom. The molecule has 1 nitrogen and oxygen atoms in total. The van der Waals surface area contributed by atoms with Gasteiger partial charge in [0.1, 0.15) is 0 Å². The summed E-state index contributed by atoms with van der Waals surface area (Å²) < 4.78 is 1.74. The molecule has 76 valence electrons. The van der Waals surface area contributed by atoms with Gasteiger partial charge in [-0.25, -0.2) is 0 Å². The van der Waals surface area contributed by atoms with Crippen LogP contribution in [0, 0.1) is 0 Å². The van der Waals surface area contributed by atoms with Crippen LogP contribution in [0.1, 0.15) is 27.2 Å². The Kier molecular flexibility index (Phi) is 2.57. The van der Waals surface area contributed by atoms with Gasteiger partial charge in [0.2, 0.25) is 0 Å². The average molecular weight is 274 g/mol. The van der Waals surface area contributed by atoms with Crippen LogP contribution in [0.5, 0.6) is 0 Å². The van der Waals surface area contributed by atoms with E-state index >= 15 is 0 Å². The van der Waals surface area contributed by atoms with Crippen LogP contribution in [0.3, 0.4) is 0 Å². The fraction of sp³-hybridized carbons (Fsp3) is 0.417. The van der Waals surface area contributed by atoms with Crippen LogP contribution in [-0.2, 0) is 17.1 Å². The summed E-state index contributed by atoms with van der Waals surface area (Å²) in [6.45, 7) is 6.54. The zero-order valence-electron chi connectivity index (χ0n) is 8.82. The number of allylic oxidation sites excluding steroid dienone is 5. The van der Waals surface area contributed by atoms with Gasteiger partial charge in [-0.2, -0.15) is 0 Å². The van der Waals surface area contributed by atoms with Crippen molar-refractivity contribution in [1.29, 1.82) is 0 Å². The predicted molar refractivity (Wildman–Crippen MR) is 57.1 cm³/mol. The van der Waals surface area contributed by atoms with Crippen LogP contribution >= 0.6 is 0 Å². The first kappa shape index (κ1) is 10.0. The van der Waals surface area contributed by atoms with Gasteiger partial charge in [0.15, 0.2) is 0 Å². The molecule has 0 aromatic rings. The van der Waals surface area contributed by atoms with E-state index in [4.69, 9.17) is 4.99 Å². The molecule has 1 unspecified atom stereocenters. The molecule has 1 atom stereocenters. The van der Waals surface area contributed by atoms with Gasteiger partial charge in [0.25, 0.3) is 0 Å². The third-order valence-electron chi connectivity index (χ3n) is 2.38. The van der Waals surface area contributed by atoms with Crippen molar-refractivity contribution in [3.63, 3.8) is 0 Å². The van der Waals surface area contributed by atoms with Crippen molar-refractivity contribution in [2.75, 3.05) is 0 Å². The number of hydrogen-bond acceptors (Lipinski definition) is 1. The Morgan fingerprint density at radius 1 is 1.36 bits per heavy atom. The molecule has 0 amide bonds. The Labute approximate surface area is 93.3 Å². The van der Waals surface area contributed by atoms with Crippen LogP contribution in [-0.4, -0.2) is 9.84 Å². The van der Waals surface area contributed by atoms with Crippen LogP contribution in [0.4, 0.5) is 0 Å². The van der Waals surface area contributed by atoms with Gasteiger partial charge in [-0.05, 0) is 0 Å². The summed E-state index contributed by atoms with van der Waals surface area (Å²) in [5.74, 6) is 0. The molecule has 2 aliphatic rings. The molecule has 1 aliphatic carbocycles. The third-order valence-corrected chi connectivity index (χ3v) is 5.31. The van der Waals surface area contributed by atoms with E-state index in [2.05, 4.69) is 45.1 Å². The maximum absolute atomic E-state index is 4.70. The van der Waals surface area contributed by atoms with Crippen molar-refractivity contribution in [1.82, 2.24) is 0 Å². The molecule has 1 heterocycles. The summed E-state index contributed by atoms with van der Waals surface area (Å²) in [7, 11) is 0. The molecular weight excluding hydrogens is 259 g/mol. The van der Waals surface area contributed by atoms with Gasteiger partial charge in [-0.1, -0.05) is 0 Å². The standard InChI is InChI=1S/C6H8N.C6H7.Ru/c1-5-3-4-6(2)7-5;1-6-4-2-3-5-6;/h3-4H,1-2H3;2,4H,3H2,1H3;. The zero-order chi connectivity index (χ0) is 10.2.